The molecule has 0 aliphatic heterocycles. The van der Waals surface area contributed by atoms with Crippen molar-refractivity contribution in [1.82, 2.24) is 5.32 Å². The van der Waals surface area contributed by atoms with Crippen molar-refractivity contribution < 1.29 is 9.53 Å². The summed E-state index contributed by atoms with van der Waals surface area (Å²) < 4.78 is 5.13. The average Bonchev–Trinajstić information content (AvgIpc) is 2.27. The molecule has 3 nitrogen and oxygen atoms in total. The Balaban J connectivity index is 2.08. The second-order valence-corrected chi connectivity index (χ2v) is 6.13. The Kier molecular flexibility index (Phi) is 6.23. The molecule has 3 heteroatoms. The van der Waals surface area contributed by atoms with Crippen LogP contribution in [0, 0.1) is 5.92 Å². The Morgan fingerprint density at radius 3 is 2.56 bits per heavy atom. The fourth-order valence-electron chi connectivity index (χ4n) is 2.33. The van der Waals surface area contributed by atoms with Crippen LogP contribution in [0.3, 0.4) is 0 Å². The zero-order valence-electron chi connectivity index (χ0n) is 12.0. The summed E-state index contributed by atoms with van der Waals surface area (Å²) >= 11 is 0. The molecule has 0 unspecified atom stereocenters. The van der Waals surface area contributed by atoms with Gasteiger partial charge in [-0.2, -0.15) is 0 Å². The number of alkyl carbamates (subject to hydrolysis) is 1. The summed E-state index contributed by atoms with van der Waals surface area (Å²) in [5.74, 6) is 0.893. The van der Waals surface area contributed by atoms with Gasteiger partial charge in [0.2, 0.25) is 0 Å². The Labute approximate surface area is 111 Å². The molecular weight excluding hydrogens is 226 g/mol. The summed E-state index contributed by atoms with van der Waals surface area (Å²) in [7, 11) is 0. The van der Waals surface area contributed by atoms with Crippen molar-refractivity contribution in [3.8, 4) is 0 Å². The van der Waals surface area contributed by atoms with Crippen LogP contribution < -0.4 is 5.32 Å². The van der Waals surface area contributed by atoms with Crippen molar-refractivity contribution in [2.24, 2.45) is 5.92 Å². The molecule has 0 bridgehead atoms. The zero-order chi connectivity index (χ0) is 13.4. The van der Waals surface area contributed by atoms with Gasteiger partial charge in [0.05, 0.1) is 0 Å². The van der Waals surface area contributed by atoms with Crippen molar-refractivity contribution in [3.63, 3.8) is 0 Å². The fourth-order valence-corrected chi connectivity index (χ4v) is 2.33. The number of hydrogen-bond acceptors (Lipinski definition) is 2. The van der Waals surface area contributed by atoms with Crippen LogP contribution in [0.1, 0.15) is 65.7 Å². The van der Waals surface area contributed by atoms with Gasteiger partial charge >= 0.3 is 6.09 Å². The lowest BCUT2D eigenvalue weighted by atomic mass is 9.86. The van der Waals surface area contributed by atoms with Gasteiger partial charge in [-0.3, -0.25) is 5.32 Å². The van der Waals surface area contributed by atoms with Gasteiger partial charge < -0.3 is 4.74 Å². The van der Waals surface area contributed by atoms with Gasteiger partial charge in [-0.15, -0.1) is 0 Å². The first kappa shape index (κ1) is 15.1. The lowest BCUT2D eigenvalue weighted by Crippen LogP contribution is -2.29. The van der Waals surface area contributed by atoms with E-state index in [4.69, 9.17) is 4.74 Å². The highest BCUT2D eigenvalue weighted by molar-refractivity contribution is 5.68. The second-order valence-electron chi connectivity index (χ2n) is 6.13. The first-order valence-corrected chi connectivity index (χ1v) is 7.12. The molecule has 0 saturated heterocycles. The molecule has 1 N–H and O–H groups in total. The van der Waals surface area contributed by atoms with E-state index in [9.17, 15) is 4.79 Å². The minimum Gasteiger partial charge on any atom is -0.444 e. The summed E-state index contributed by atoms with van der Waals surface area (Å²) in [5, 5.41) is 2.64. The van der Waals surface area contributed by atoms with E-state index in [1.54, 1.807) is 6.20 Å². The van der Waals surface area contributed by atoms with Gasteiger partial charge in [0, 0.05) is 6.20 Å². The monoisotopic (exact) mass is 253 g/mol. The molecule has 0 aromatic carbocycles. The molecule has 0 radical (unpaired) electrons. The fraction of sp³-hybridized carbons (Fsp3) is 0.800. The van der Waals surface area contributed by atoms with Crippen LogP contribution >= 0.6 is 0 Å². The van der Waals surface area contributed by atoms with Crippen molar-refractivity contribution >= 4 is 6.09 Å². The number of carbonyl (C=O) groups excluding carboxylic acids is 1. The van der Waals surface area contributed by atoms with Crippen LogP contribution in [0.4, 0.5) is 4.79 Å². The van der Waals surface area contributed by atoms with Gasteiger partial charge in [0.15, 0.2) is 0 Å². The molecule has 0 heterocycles. The highest BCUT2D eigenvalue weighted by Crippen LogP contribution is 2.27. The molecule has 1 fully saturated rings. The molecule has 1 saturated carbocycles. The number of carbonyl (C=O) groups is 1. The molecule has 0 aromatic rings. The summed E-state index contributed by atoms with van der Waals surface area (Å²) in [6.45, 7) is 5.58. The Hall–Kier alpha value is -0.990. The van der Waals surface area contributed by atoms with E-state index in [2.05, 4.69) is 5.32 Å². The van der Waals surface area contributed by atoms with Gasteiger partial charge in [0.25, 0.3) is 0 Å². The third-order valence-corrected chi connectivity index (χ3v) is 3.18. The Bertz CT molecular complexity index is 273. The number of rotatable bonds is 4. The van der Waals surface area contributed by atoms with E-state index in [1.165, 1.54) is 38.5 Å². The molecule has 1 rings (SSSR count). The molecule has 1 aliphatic carbocycles. The molecule has 0 spiro atoms. The van der Waals surface area contributed by atoms with E-state index in [-0.39, 0.29) is 6.09 Å². The highest BCUT2D eigenvalue weighted by Gasteiger charge is 2.15. The molecule has 1 aliphatic rings. The minimum absolute atomic E-state index is 0.378. The highest BCUT2D eigenvalue weighted by atomic mass is 16.6. The third kappa shape index (κ3) is 7.36. The number of ether oxygens (including phenoxy) is 1. The Morgan fingerprint density at radius 1 is 1.28 bits per heavy atom. The first-order valence-electron chi connectivity index (χ1n) is 7.12. The topological polar surface area (TPSA) is 38.3 Å². The normalized spacial score (nSPS) is 17.9. The molecule has 0 atom stereocenters. The van der Waals surface area contributed by atoms with Crippen molar-refractivity contribution in [1.29, 1.82) is 0 Å². The lowest BCUT2D eigenvalue weighted by Gasteiger charge is -2.20. The van der Waals surface area contributed by atoms with E-state index < -0.39 is 5.60 Å². The predicted octanol–water partition coefficient (Wildman–Crippen LogP) is 4.39. The number of nitrogens with one attached hydrogen (secondary N) is 1. The largest absolute Gasteiger partial charge is 0.444 e. The van der Waals surface area contributed by atoms with Gasteiger partial charge in [0.1, 0.15) is 5.60 Å². The molecular formula is C15H27NO2. The van der Waals surface area contributed by atoms with Gasteiger partial charge in [-0.1, -0.05) is 38.2 Å². The van der Waals surface area contributed by atoms with Crippen LogP contribution in [0.5, 0.6) is 0 Å². The van der Waals surface area contributed by atoms with Crippen LogP contribution in [0.2, 0.25) is 0 Å². The Morgan fingerprint density at radius 2 is 1.94 bits per heavy atom. The maximum Gasteiger partial charge on any atom is 0.411 e. The minimum atomic E-state index is -0.431. The summed E-state index contributed by atoms with van der Waals surface area (Å²) in [6.07, 6.45) is 12.6. The van der Waals surface area contributed by atoms with Crippen molar-refractivity contribution in [3.05, 3.63) is 12.3 Å². The maximum atomic E-state index is 11.3. The smallest absolute Gasteiger partial charge is 0.411 e. The van der Waals surface area contributed by atoms with Crippen LogP contribution in [0.15, 0.2) is 12.3 Å². The SMILES string of the molecule is CC(C)(C)OC(=O)NC=CCCC1CCCCC1. The summed E-state index contributed by atoms with van der Waals surface area (Å²) in [6, 6.07) is 0. The van der Waals surface area contributed by atoms with Crippen molar-refractivity contribution in [2.45, 2.75) is 71.3 Å². The lowest BCUT2D eigenvalue weighted by molar-refractivity contribution is 0.0552. The maximum absolute atomic E-state index is 11.3. The van der Waals surface area contributed by atoms with Crippen LogP contribution in [-0.2, 0) is 4.74 Å². The molecule has 18 heavy (non-hydrogen) atoms. The van der Waals surface area contributed by atoms with Gasteiger partial charge in [-0.25, -0.2) is 4.79 Å². The van der Waals surface area contributed by atoms with E-state index >= 15 is 0 Å². The van der Waals surface area contributed by atoms with Crippen LogP contribution in [0.25, 0.3) is 0 Å². The molecule has 1 amide bonds. The quantitative estimate of drug-likeness (QED) is 0.807. The second kappa shape index (κ2) is 7.45. The van der Waals surface area contributed by atoms with E-state index in [0.717, 1.165) is 12.3 Å². The van der Waals surface area contributed by atoms with Crippen LogP contribution in [-0.4, -0.2) is 11.7 Å². The number of hydrogen-bond donors (Lipinski definition) is 1. The summed E-state index contributed by atoms with van der Waals surface area (Å²) in [4.78, 5) is 11.3. The number of allylic oxidation sites excluding steroid dienone is 1. The molecule has 104 valence electrons. The zero-order valence-corrected chi connectivity index (χ0v) is 12.0. The number of amides is 1. The third-order valence-electron chi connectivity index (χ3n) is 3.18. The standard InChI is InChI=1S/C15H27NO2/c1-15(2,3)18-14(17)16-12-8-7-11-13-9-5-4-6-10-13/h8,12-13H,4-7,9-11H2,1-3H3,(H,16,17). The first-order chi connectivity index (χ1) is 8.47. The van der Waals surface area contributed by atoms with Crippen molar-refractivity contribution in [2.75, 3.05) is 0 Å². The average molecular weight is 253 g/mol. The van der Waals surface area contributed by atoms with Gasteiger partial charge in [-0.05, 0) is 39.5 Å². The van der Waals surface area contributed by atoms with E-state index in [1.807, 2.05) is 26.8 Å². The predicted molar refractivity (Wildman–Crippen MR) is 74.3 cm³/mol. The molecule has 0 aromatic heterocycles. The summed E-state index contributed by atoms with van der Waals surface area (Å²) in [5.41, 5.74) is -0.431. The van der Waals surface area contributed by atoms with E-state index in [0.29, 0.717) is 0 Å².